The average Bonchev–Trinajstić information content (AvgIpc) is 2.60. The zero-order valence-corrected chi connectivity index (χ0v) is 15.6. The summed E-state index contributed by atoms with van der Waals surface area (Å²) < 4.78 is 0. The number of H-pyrrole nitrogens is 1. The first-order chi connectivity index (χ1) is 12.5. The molecule has 0 spiro atoms. The minimum absolute atomic E-state index is 0.00151. The molecule has 26 heavy (non-hydrogen) atoms. The van der Waals surface area contributed by atoms with Crippen LogP contribution in [0.4, 0.5) is 0 Å². The third-order valence-corrected chi connectivity index (χ3v) is 4.93. The SMILES string of the molecule is C[C@@H]1CCCN(C[C@@H](C)NC(=O)CCc2nc3ccccc3c(=O)[nH]2)C1. The average molecular weight is 356 g/mol. The van der Waals surface area contributed by atoms with E-state index in [1.54, 1.807) is 6.07 Å². The van der Waals surface area contributed by atoms with Crippen LogP contribution in [0.5, 0.6) is 0 Å². The largest absolute Gasteiger partial charge is 0.352 e. The maximum absolute atomic E-state index is 12.2. The first kappa shape index (κ1) is 18.6. The Morgan fingerprint density at radius 2 is 2.23 bits per heavy atom. The summed E-state index contributed by atoms with van der Waals surface area (Å²) in [7, 11) is 0. The zero-order chi connectivity index (χ0) is 18.5. The van der Waals surface area contributed by atoms with E-state index in [2.05, 4.69) is 27.1 Å². The van der Waals surface area contributed by atoms with E-state index in [4.69, 9.17) is 0 Å². The summed E-state index contributed by atoms with van der Waals surface area (Å²) in [5.41, 5.74) is 0.512. The molecule has 0 radical (unpaired) electrons. The molecule has 2 N–H and O–H groups in total. The van der Waals surface area contributed by atoms with Gasteiger partial charge in [-0.15, -0.1) is 0 Å². The summed E-state index contributed by atoms with van der Waals surface area (Å²) in [6.45, 7) is 7.45. The monoisotopic (exact) mass is 356 g/mol. The van der Waals surface area contributed by atoms with Gasteiger partial charge >= 0.3 is 0 Å². The maximum atomic E-state index is 12.2. The van der Waals surface area contributed by atoms with Crippen molar-refractivity contribution in [1.29, 1.82) is 0 Å². The normalized spacial score (nSPS) is 19.4. The number of nitrogens with zero attached hydrogens (tertiary/aromatic N) is 2. The highest BCUT2D eigenvalue weighted by Gasteiger charge is 2.19. The molecule has 0 bridgehead atoms. The molecule has 0 aliphatic carbocycles. The van der Waals surface area contributed by atoms with Crippen LogP contribution in [0.15, 0.2) is 29.1 Å². The third-order valence-electron chi connectivity index (χ3n) is 4.93. The van der Waals surface area contributed by atoms with E-state index in [-0.39, 0.29) is 17.5 Å². The Labute approximate surface area is 154 Å². The molecular formula is C20H28N4O2. The van der Waals surface area contributed by atoms with Crippen molar-refractivity contribution in [2.75, 3.05) is 19.6 Å². The Kier molecular flexibility index (Phi) is 6.04. The lowest BCUT2D eigenvalue weighted by Crippen LogP contribution is -2.45. The van der Waals surface area contributed by atoms with Crippen molar-refractivity contribution in [3.8, 4) is 0 Å². The first-order valence-electron chi connectivity index (χ1n) is 9.51. The number of likely N-dealkylation sites (tertiary alicyclic amines) is 1. The highest BCUT2D eigenvalue weighted by molar-refractivity contribution is 5.78. The number of aryl methyl sites for hydroxylation is 1. The lowest BCUT2D eigenvalue weighted by atomic mass is 10.00. The molecule has 1 aromatic heterocycles. The Hall–Kier alpha value is -2.21. The smallest absolute Gasteiger partial charge is 0.258 e. The van der Waals surface area contributed by atoms with E-state index < -0.39 is 0 Å². The summed E-state index contributed by atoms with van der Waals surface area (Å²) in [6.07, 6.45) is 3.29. The summed E-state index contributed by atoms with van der Waals surface area (Å²) in [4.78, 5) is 34.0. The Morgan fingerprint density at radius 1 is 1.42 bits per heavy atom. The van der Waals surface area contributed by atoms with Gasteiger partial charge in [-0.2, -0.15) is 0 Å². The number of aromatic amines is 1. The minimum Gasteiger partial charge on any atom is -0.352 e. The van der Waals surface area contributed by atoms with E-state index in [0.29, 0.717) is 29.6 Å². The summed E-state index contributed by atoms with van der Waals surface area (Å²) in [6, 6.07) is 7.36. The number of hydrogen-bond acceptors (Lipinski definition) is 4. The molecule has 6 nitrogen and oxygen atoms in total. The minimum atomic E-state index is -0.154. The quantitative estimate of drug-likeness (QED) is 0.831. The van der Waals surface area contributed by atoms with Gasteiger partial charge in [0.15, 0.2) is 0 Å². The fourth-order valence-electron chi connectivity index (χ4n) is 3.72. The number of rotatable bonds is 6. The fraction of sp³-hybridized carbons (Fsp3) is 0.550. The number of carbonyl (C=O) groups excluding carboxylic acids is 1. The molecular weight excluding hydrogens is 328 g/mol. The fourth-order valence-corrected chi connectivity index (χ4v) is 3.72. The molecule has 140 valence electrons. The van der Waals surface area contributed by atoms with Crippen LogP contribution in [0.3, 0.4) is 0 Å². The lowest BCUT2D eigenvalue weighted by Gasteiger charge is -2.32. The Morgan fingerprint density at radius 3 is 3.04 bits per heavy atom. The molecule has 3 rings (SSSR count). The van der Waals surface area contributed by atoms with Crippen LogP contribution in [0.1, 0.15) is 38.9 Å². The number of amides is 1. The second-order valence-electron chi connectivity index (χ2n) is 7.51. The molecule has 1 fully saturated rings. The molecule has 0 unspecified atom stereocenters. The maximum Gasteiger partial charge on any atom is 0.258 e. The van der Waals surface area contributed by atoms with Crippen LogP contribution >= 0.6 is 0 Å². The third kappa shape index (κ3) is 4.91. The number of aromatic nitrogens is 2. The molecule has 2 aromatic rings. The van der Waals surface area contributed by atoms with Gasteiger partial charge in [0, 0.05) is 32.0 Å². The lowest BCUT2D eigenvalue weighted by molar-refractivity contribution is -0.121. The Balaban J connectivity index is 1.50. The van der Waals surface area contributed by atoms with Gasteiger partial charge in [-0.3, -0.25) is 9.59 Å². The standard InChI is InChI=1S/C20H28N4O2/c1-14-6-5-11-24(12-14)13-15(2)21-19(25)10-9-18-22-17-8-4-3-7-16(17)20(26)23-18/h3-4,7-8,14-15H,5-6,9-13H2,1-2H3,(H,21,25)(H,22,23,26)/t14-,15-/m1/s1. The second kappa shape index (κ2) is 8.45. The molecule has 1 aliphatic heterocycles. The predicted molar refractivity (Wildman–Crippen MR) is 103 cm³/mol. The van der Waals surface area contributed by atoms with Gasteiger partial charge < -0.3 is 15.2 Å². The molecule has 1 aromatic carbocycles. The molecule has 6 heteroatoms. The molecule has 1 amide bonds. The van der Waals surface area contributed by atoms with Crippen LogP contribution in [-0.2, 0) is 11.2 Å². The van der Waals surface area contributed by atoms with Crippen LogP contribution in [0.25, 0.3) is 10.9 Å². The number of piperidine rings is 1. The van der Waals surface area contributed by atoms with E-state index in [0.717, 1.165) is 25.6 Å². The van der Waals surface area contributed by atoms with Gasteiger partial charge in [0.25, 0.3) is 5.56 Å². The van der Waals surface area contributed by atoms with Crippen molar-refractivity contribution < 1.29 is 4.79 Å². The molecule has 1 saturated heterocycles. The topological polar surface area (TPSA) is 78.1 Å². The van der Waals surface area contributed by atoms with Crippen molar-refractivity contribution >= 4 is 16.8 Å². The van der Waals surface area contributed by atoms with E-state index >= 15 is 0 Å². The van der Waals surface area contributed by atoms with Crippen LogP contribution in [-0.4, -0.2) is 46.5 Å². The van der Waals surface area contributed by atoms with E-state index in [9.17, 15) is 9.59 Å². The van der Waals surface area contributed by atoms with Gasteiger partial charge in [0.1, 0.15) is 5.82 Å². The number of hydrogen-bond donors (Lipinski definition) is 2. The van der Waals surface area contributed by atoms with E-state index in [1.807, 2.05) is 25.1 Å². The second-order valence-corrected chi connectivity index (χ2v) is 7.51. The predicted octanol–water partition coefficient (Wildman–Crippen LogP) is 2.09. The van der Waals surface area contributed by atoms with Gasteiger partial charge in [-0.25, -0.2) is 4.98 Å². The van der Waals surface area contributed by atoms with Gasteiger partial charge in [-0.05, 0) is 44.4 Å². The van der Waals surface area contributed by atoms with Crippen molar-refractivity contribution in [1.82, 2.24) is 20.2 Å². The number of fused-ring (bicyclic) bond motifs is 1. The summed E-state index contributed by atoms with van der Waals surface area (Å²) in [5.74, 6) is 1.29. The number of benzene rings is 1. The Bertz CT molecular complexity index is 817. The summed E-state index contributed by atoms with van der Waals surface area (Å²) >= 11 is 0. The van der Waals surface area contributed by atoms with Crippen molar-refractivity contribution in [3.05, 3.63) is 40.4 Å². The van der Waals surface area contributed by atoms with E-state index in [1.165, 1.54) is 12.8 Å². The van der Waals surface area contributed by atoms with Crippen LogP contribution in [0.2, 0.25) is 0 Å². The summed E-state index contributed by atoms with van der Waals surface area (Å²) in [5, 5.41) is 3.64. The van der Waals surface area contributed by atoms with Crippen LogP contribution < -0.4 is 10.9 Å². The number of carbonyl (C=O) groups is 1. The molecule has 0 saturated carbocycles. The molecule has 2 heterocycles. The van der Waals surface area contributed by atoms with Crippen molar-refractivity contribution in [3.63, 3.8) is 0 Å². The molecule has 2 atom stereocenters. The first-order valence-corrected chi connectivity index (χ1v) is 9.51. The van der Waals surface area contributed by atoms with Gasteiger partial charge in [-0.1, -0.05) is 19.1 Å². The number of para-hydroxylation sites is 1. The van der Waals surface area contributed by atoms with Gasteiger partial charge in [0.05, 0.1) is 10.9 Å². The highest BCUT2D eigenvalue weighted by Crippen LogP contribution is 2.15. The molecule has 1 aliphatic rings. The van der Waals surface area contributed by atoms with Crippen LogP contribution in [0, 0.1) is 5.92 Å². The van der Waals surface area contributed by atoms with Crippen molar-refractivity contribution in [2.45, 2.75) is 45.6 Å². The highest BCUT2D eigenvalue weighted by atomic mass is 16.1. The van der Waals surface area contributed by atoms with Crippen molar-refractivity contribution in [2.24, 2.45) is 5.92 Å². The van der Waals surface area contributed by atoms with Gasteiger partial charge in [0.2, 0.25) is 5.91 Å². The zero-order valence-electron chi connectivity index (χ0n) is 15.6. The number of nitrogens with one attached hydrogen (secondary N) is 2.